The summed E-state index contributed by atoms with van der Waals surface area (Å²) in [5.41, 5.74) is 1.97. The highest BCUT2D eigenvalue weighted by Crippen LogP contribution is 2.27. The van der Waals surface area contributed by atoms with E-state index >= 15 is 0 Å². The number of likely N-dealkylation sites (tertiary alicyclic amines) is 1. The van der Waals surface area contributed by atoms with Gasteiger partial charge in [0.15, 0.2) is 6.10 Å². The molecule has 30 heavy (non-hydrogen) atoms. The van der Waals surface area contributed by atoms with E-state index in [1.54, 1.807) is 13.3 Å². The molecule has 0 spiro atoms. The number of nitrogens with one attached hydrogen (secondary N) is 2. The number of rotatable bonds is 7. The number of imidazole rings is 1. The maximum atomic E-state index is 12.8. The summed E-state index contributed by atoms with van der Waals surface area (Å²) in [6.07, 6.45) is 4.93. The summed E-state index contributed by atoms with van der Waals surface area (Å²) in [4.78, 5) is 22.8. The Bertz CT molecular complexity index is 959. The van der Waals surface area contributed by atoms with Gasteiger partial charge in [-0.15, -0.1) is 0 Å². The van der Waals surface area contributed by atoms with Crippen molar-refractivity contribution in [2.45, 2.75) is 38.5 Å². The fourth-order valence-electron chi connectivity index (χ4n) is 4.03. The van der Waals surface area contributed by atoms with Gasteiger partial charge in [-0.3, -0.25) is 9.69 Å². The number of methoxy groups -OCH3 is 1. The number of piperidine rings is 1. The lowest BCUT2D eigenvalue weighted by atomic mass is 10.1. The van der Waals surface area contributed by atoms with Crippen LogP contribution < -0.4 is 5.32 Å². The van der Waals surface area contributed by atoms with Crippen molar-refractivity contribution in [3.63, 3.8) is 0 Å². The van der Waals surface area contributed by atoms with E-state index in [9.17, 15) is 4.79 Å². The minimum atomic E-state index is -0.658. The van der Waals surface area contributed by atoms with E-state index in [4.69, 9.17) is 4.74 Å². The number of aromatic nitrogens is 4. The number of amides is 1. The van der Waals surface area contributed by atoms with Crippen LogP contribution in [0.25, 0.3) is 0 Å². The van der Waals surface area contributed by atoms with E-state index in [2.05, 4.69) is 25.3 Å². The Kier molecular flexibility index (Phi) is 6.25. The van der Waals surface area contributed by atoms with Crippen LogP contribution in [0.15, 0.2) is 48.8 Å². The molecule has 8 heteroatoms. The zero-order chi connectivity index (χ0) is 20.9. The molecule has 0 radical (unpaired) electrons. The number of hydrogen-bond donors (Lipinski definition) is 2. The number of ether oxygens (including phenoxy) is 1. The maximum absolute atomic E-state index is 12.8. The molecule has 0 unspecified atom stereocenters. The monoisotopic (exact) mass is 408 g/mol. The molecule has 1 fully saturated rings. The van der Waals surface area contributed by atoms with E-state index in [0.717, 1.165) is 49.6 Å². The first-order valence-electron chi connectivity index (χ1n) is 10.3. The summed E-state index contributed by atoms with van der Waals surface area (Å²) >= 11 is 0. The molecule has 8 nitrogen and oxygen atoms in total. The van der Waals surface area contributed by atoms with Crippen LogP contribution in [0.2, 0.25) is 0 Å². The predicted molar refractivity (Wildman–Crippen MR) is 114 cm³/mol. The highest BCUT2D eigenvalue weighted by Gasteiger charge is 2.25. The van der Waals surface area contributed by atoms with Gasteiger partial charge in [0, 0.05) is 44.7 Å². The Labute approximate surface area is 176 Å². The standard InChI is InChI=1S/C22H28N6O2/c1-16-23-14-18(25-16)15-27-12-9-19(10-13-27)28-20(8-11-24-28)26-22(29)21(30-2)17-6-4-3-5-7-17/h3-8,11,14,19,21H,9-10,12-13,15H2,1-2H3,(H,23,25)(H,26,29)/t21-/m0/s1. The molecular formula is C22H28N6O2. The quantitative estimate of drug-likeness (QED) is 0.627. The lowest BCUT2D eigenvalue weighted by Gasteiger charge is -2.32. The molecule has 3 heterocycles. The van der Waals surface area contributed by atoms with Crippen LogP contribution in [0.1, 0.15) is 42.1 Å². The topological polar surface area (TPSA) is 88.1 Å². The van der Waals surface area contributed by atoms with E-state index < -0.39 is 6.10 Å². The normalized spacial score (nSPS) is 16.5. The maximum Gasteiger partial charge on any atom is 0.259 e. The second kappa shape index (κ2) is 9.23. The summed E-state index contributed by atoms with van der Waals surface area (Å²) < 4.78 is 7.39. The number of aromatic amines is 1. The van der Waals surface area contributed by atoms with E-state index in [1.165, 1.54) is 0 Å². The highest BCUT2D eigenvalue weighted by molar-refractivity contribution is 5.94. The molecule has 1 saturated heterocycles. The second-order valence-corrected chi connectivity index (χ2v) is 7.68. The number of nitrogens with zero attached hydrogens (tertiary/aromatic N) is 4. The van der Waals surface area contributed by atoms with Crippen molar-refractivity contribution in [3.8, 4) is 0 Å². The third-order valence-electron chi connectivity index (χ3n) is 5.55. The van der Waals surface area contributed by atoms with E-state index in [1.807, 2.05) is 54.2 Å². The zero-order valence-electron chi connectivity index (χ0n) is 17.4. The third-order valence-corrected chi connectivity index (χ3v) is 5.55. The Morgan fingerprint density at radius 3 is 2.70 bits per heavy atom. The molecule has 1 amide bonds. The van der Waals surface area contributed by atoms with Crippen LogP contribution in [-0.4, -0.2) is 50.8 Å². The van der Waals surface area contributed by atoms with Crippen LogP contribution in [0, 0.1) is 6.92 Å². The molecular weight excluding hydrogens is 380 g/mol. The van der Waals surface area contributed by atoms with Crippen LogP contribution in [0.4, 0.5) is 5.82 Å². The van der Waals surface area contributed by atoms with Gasteiger partial charge in [0.2, 0.25) is 0 Å². The lowest BCUT2D eigenvalue weighted by molar-refractivity contribution is -0.126. The Balaban J connectivity index is 1.37. The largest absolute Gasteiger partial charge is 0.367 e. The SMILES string of the molecule is CO[C@H](C(=O)Nc1ccnn1C1CCN(Cc2cnc(C)[nH]2)CC1)c1ccccc1. The van der Waals surface area contributed by atoms with Crippen LogP contribution in [-0.2, 0) is 16.1 Å². The van der Waals surface area contributed by atoms with E-state index in [-0.39, 0.29) is 11.9 Å². The van der Waals surface area contributed by atoms with Gasteiger partial charge in [-0.05, 0) is 25.3 Å². The van der Waals surface area contributed by atoms with Crippen LogP contribution in [0.3, 0.4) is 0 Å². The summed E-state index contributed by atoms with van der Waals surface area (Å²) in [6.45, 7) is 4.79. The average Bonchev–Trinajstić information content (AvgIpc) is 3.39. The Morgan fingerprint density at radius 2 is 2.03 bits per heavy atom. The molecule has 1 aromatic carbocycles. The van der Waals surface area contributed by atoms with Crippen molar-refractivity contribution in [1.29, 1.82) is 0 Å². The summed E-state index contributed by atoms with van der Waals surface area (Å²) in [7, 11) is 1.55. The molecule has 1 aliphatic rings. The number of anilines is 1. The summed E-state index contributed by atoms with van der Waals surface area (Å²) in [5.74, 6) is 1.46. The van der Waals surface area contributed by atoms with Gasteiger partial charge in [-0.2, -0.15) is 5.10 Å². The predicted octanol–water partition coefficient (Wildman–Crippen LogP) is 3.08. The number of carbonyl (C=O) groups excluding carboxylic acids is 1. The molecule has 1 aliphatic heterocycles. The second-order valence-electron chi connectivity index (χ2n) is 7.68. The van der Waals surface area contributed by atoms with Crippen molar-refractivity contribution in [2.75, 3.05) is 25.5 Å². The molecule has 158 valence electrons. The van der Waals surface area contributed by atoms with Gasteiger partial charge < -0.3 is 15.0 Å². The van der Waals surface area contributed by atoms with Crippen molar-refractivity contribution >= 4 is 11.7 Å². The molecule has 0 saturated carbocycles. The fourth-order valence-corrected chi connectivity index (χ4v) is 4.03. The van der Waals surface area contributed by atoms with E-state index in [0.29, 0.717) is 5.82 Å². The average molecular weight is 409 g/mol. The van der Waals surface area contributed by atoms with Gasteiger partial charge in [0.1, 0.15) is 11.6 Å². The molecule has 4 rings (SSSR count). The minimum absolute atomic E-state index is 0.197. The van der Waals surface area contributed by atoms with Gasteiger partial charge in [0.05, 0.1) is 12.2 Å². The zero-order valence-corrected chi connectivity index (χ0v) is 17.4. The molecule has 0 bridgehead atoms. The van der Waals surface area contributed by atoms with Crippen LogP contribution in [0.5, 0.6) is 0 Å². The van der Waals surface area contributed by atoms with Crippen molar-refractivity contribution in [1.82, 2.24) is 24.6 Å². The Hall–Kier alpha value is -2.97. The molecule has 2 N–H and O–H groups in total. The smallest absolute Gasteiger partial charge is 0.259 e. The van der Waals surface area contributed by atoms with Crippen molar-refractivity contribution < 1.29 is 9.53 Å². The first-order chi connectivity index (χ1) is 14.6. The van der Waals surface area contributed by atoms with Gasteiger partial charge in [-0.1, -0.05) is 30.3 Å². The number of carbonyl (C=O) groups is 1. The van der Waals surface area contributed by atoms with Crippen molar-refractivity contribution in [2.24, 2.45) is 0 Å². The number of H-pyrrole nitrogens is 1. The first kappa shape index (κ1) is 20.3. The minimum Gasteiger partial charge on any atom is -0.367 e. The van der Waals surface area contributed by atoms with Gasteiger partial charge in [-0.25, -0.2) is 9.67 Å². The molecule has 2 aromatic heterocycles. The Morgan fingerprint density at radius 1 is 1.27 bits per heavy atom. The highest BCUT2D eigenvalue weighted by atomic mass is 16.5. The van der Waals surface area contributed by atoms with Crippen molar-refractivity contribution in [3.05, 3.63) is 65.9 Å². The number of benzene rings is 1. The number of aryl methyl sites for hydroxylation is 1. The summed E-state index contributed by atoms with van der Waals surface area (Å²) in [6, 6.07) is 11.6. The van der Waals surface area contributed by atoms with Gasteiger partial charge in [0.25, 0.3) is 5.91 Å². The molecule has 3 aromatic rings. The fraction of sp³-hybridized carbons (Fsp3) is 0.409. The van der Waals surface area contributed by atoms with Crippen LogP contribution >= 0.6 is 0 Å². The molecule has 1 atom stereocenters. The lowest BCUT2D eigenvalue weighted by Crippen LogP contribution is -2.35. The summed E-state index contributed by atoms with van der Waals surface area (Å²) in [5, 5.41) is 7.49. The van der Waals surface area contributed by atoms with Gasteiger partial charge >= 0.3 is 0 Å². The number of hydrogen-bond acceptors (Lipinski definition) is 5. The molecule has 0 aliphatic carbocycles. The first-order valence-corrected chi connectivity index (χ1v) is 10.3. The third kappa shape index (κ3) is 4.60.